The van der Waals surface area contributed by atoms with Crippen molar-refractivity contribution in [2.24, 2.45) is 5.92 Å². The van der Waals surface area contributed by atoms with Crippen molar-refractivity contribution in [3.8, 4) is 0 Å². The zero-order chi connectivity index (χ0) is 16.2. The standard InChI is InChI=1S/C15H21FN2O3/c1-8(2)13(14(19)20)18-15(21)17-7-11-5-9(3)12(16)10(4)6-11/h5-6,8,13H,7H2,1-4H3,(H,19,20)(H2,17,18,21)/t13-/m1/s1. The van der Waals surface area contributed by atoms with E-state index in [1.807, 2.05) is 0 Å². The number of hydrogen-bond acceptors (Lipinski definition) is 2. The van der Waals surface area contributed by atoms with E-state index in [1.165, 1.54) is 0 Å². The van der Waals surface area contributed by atoms with Crippen molar-refractivity contribution in [2.45, 2.75) is 40.3 Å². The van der Waals surface area contributed by atoms with Gasteiger partial charge in [-0.25, -0.2) is 14.0 Å². The Morgan fingerprint density at radius 3 is 2.19 bits per heavy atom. The smallest absolute Gasteiger partial charge is 0.326 e. The molecule has 0 aliphatic heterocycles. The van der Waals surface area contributed by atoms with E-state index < -0.39 is 18.0 Å². The number of urea groups is 1. The summed E-state index contributed by atoms with van der Waals surface area (Å²) in [6, 6.07) is 1.80. The van der Waals surface area contributed by atoms with Gasteiger partial charge < -0.3 is 15.7 Å². The van der Waals surface area contributed by atoms with Crippen LogP contribution in [0.3, 0.4) is 0 Å². The molecule has 0 saturated heterocycles. The molecule has 21 heavy (non-hydrogen) atoms. The van der Waals surface area contributed by atoms with Crippen LogP contribution in [0.25, 0.3) is 0 Å². The fourth-order valence-corrected chi connectivity index (χ4v) is 2.03. The van der Waals surface area contributed by atoms with Crippen molar-refractivity contribution >= 4 is 12.0 Å². The second-order valence-electron chi connectivity index (χ2n) is 5.43. The average Bonchev–Trinajstić information content (AvgIpc) is 2.38. The van der Waals surface area contributed by atoms with Crippen LogP contribution in [0, 0.1) is 25.6 Å². The van der Waals surface area contributed by atoms with Gasteiger partial charge in [0.1, 0.15) is 11.9 Å². The third kappa shape index (κ3) is 4.73. The second-order valence-corrected chi connectivity index (χ2v) is 5.43. The lowest BCUT2D eigenvalue weighted by atomic mass is 10.1. The number of aryl methyl sites for hydroxylation is 2. The molecular formula is C15H21FN2O3. The Hall–Kier alpha value is -2.11. The van der Waals surface area contributed by atoms with Gasteiger partial charge in [0, 0.05) is 6.54 Å². The van der Waals surface area contributed by atoms with Crippen molar-refractivity contribution in [3.63, 3.8) is 0 Å². The van der Waals surface area contributed by atoms with E-state index in [1.54, 1.807) is 39.8 Å². The minimum Gasteiger partial charge on any atom is -0.480 e. The summed E-state index contributed by atoms with van der Waals surface area (Å²) in [4.78, 5) is 22.7. The van der Waals surface area contributed by atoms with E-state index in [4.69, 9.17) is 5.11 Å². The number of carboxylic acids is 1. The number of halogens is 1. The predicted octanol–water partition coefficient (Wildman–Crippen LogP) is 2.35. The molecule has 0 aliphatic rings. The van der Waals surface area contributed by atoms with Crippen LogP contribution >= 0.6 is 0 Å². The van der Waals surface area contributed by atoms with Crippen molar-refractivity contribution in [2.75, 3.05) is 0 Å². The Labute approximate surface area is 123 Å². The van der Waals surface area contributed by atoms with E-state index in [2.05, 4.69) is 10.6 Å². The number of aliphatic carboxylic acids is 1. The van der Waals surface area contributed by atoms with Crippen LogP contribution in [0.1, 0.15) is 30.5 Å². The second kappa shape index (κ2) is 7.06. The molecule has 0 heterocycles. The maximum Gasteiger partial charge on any atom is 0.326 e. The Kier molecular flexibility index (Phi) is 5.69. The molecule has 0 aromatic heterocycles. The summed E-state index contributed by atoms with van der Waals surface area (Å²) in [6.07, 6.45) is 0. The van der Waals surface area contributed by atoms with Crippen LogP contribution in [-0.2, 0) is 11.3 Å². The van der Waals surface area contributed by atoms with Gasteiger partial charge in [-0.2, -0.15) is 0 Å². The van der Waals surface area contributed by atoms with Crippen molar-refractivity contribution in [1.82, 2.24) is 10.6 Å². The number of rotatable bonds is 5. The first kappa shape index (κ1) is 16.9. The lowest BCUT2D eigenvalue weighted by Crippen LogP contribution is -2.48. The fourth-order valence-electron chi connectivity index (χ4n) is 2.03. The lowest BCUT2D eigenvalue weighted by molar-refractivity contribution is -0.140. The van der Waals surface area contributed by atoms with Crippen LogP contribution in [0.4, 0.5) is 9.18 Å². The van der Waals surface area contributed by atoms with Crippen LogP contribution in [0.5, 0.6) is 0 Å². The highest BCUT2D eigenvalue weighted by Crippen LogP contribution is 2.14. The molecule has 1 rings (SSSR count). The molecule has 1 aromatic carbocycles. The molecule has 5 nitrogen and oxygen atoms in total. The molecule has 0 spiro atoms. The highest BCUT2D eigenvalue weighted by atomic mass is 19.1. The zero-order valence-corrected chi connectivity index (χ0v) is 12.7. The average molecular weight is 296 g/mol. The van der Waals surface area contributed by atoms with Gasteiger partial charge in [0.25, 0.3) is 0 Å². The fraction of sp³-hybridized carbons (Fsp3) is 0.467. The number of carboxylic acid groups (broad SMARTS) is 1. The molecule has 0 saturated carbocycles. The normalized spacial score (nSPS) is 12.1. The maximum absolute atomic E-state index is 13.5. The highest BCUT2D eigenvalue weighted by molar-refractivity contribution is 5.82. The number of carbonyl (C=O) groups excluding carboxylic acids is 1. The minimum atomic E-state index is -1.08. The number of carbonyl (C=O) groups is 2. The van der Waals surface area contributed by atoms with Crippen LogP contribution < -0.4 is 10.6 Å². The minimum absolute atomic E-state index is 0.207. The Balaban J connectivity index is 2.63. The molecule has 1 atom stereocenters. The van der Waals surface area contributed by atoms with E-state index >= 15 is 0 Å². The van der Waals surface area contributed by atoms with Gasteiger partial charge in [0.15, 0.2) is 0 Å². The van der Waals surface area contributed by atoms with Gasteiger partial charge in [0.05, 0.1) is 0 Å². The molecule has 1 aromatic rings. The van der Waals surface area contributed by atoms with E-state index in [0.717, 1.165) is 5.56 Å². The molecular weight excluding hydrogens is 275 g/mol. The summed E-state index contributed by atoms with van der Waals surface area (Å²) in [5.41, 5.74) is 1.79. The molecule has 0 unspecified atom stereocenters. The molecule has 0 radical (unpaired) electrons. The SMILES string of the molecule is Cc1cc(CNC(=O)N[C@@H](C(=O)O)C(C)C)cc(C)c1F. The first-order valence-corrected chi connectivity index (χ1v) is 6.75. The number of nitrogens with one attached hydrogen (secondary N) is 2. The van der Waals surface area contributed by atoms with Crippen LogP contribution in [-0.4, -0.2) is 23.1 Å². The molecule has 3 N–H and O–H groups in total. The third-order valence-electron chi connectivity index (χ3n) is 3.17. The Morgan fingerprint density at radius 2 is 1.76 bits per heavy atom. The van der Waals surface area contributed by atoms with Crippen molar-refractivity contribution in [1.29, 1.82) is 0 Å². The van der Waals surface area contributed by atoms with Crippen LogP contribution in [0.15, 0.2) is 12.1 Å². The largest absolute Gasteiger partial charge is 0.480 e. The van der Waals surface area contributed by atoms with E-state index in [9.17, 15) is 14.0 Å². The number of benzene rings is 1. The predicted molar refractivity (Wildman–Crippen MR) is 77.5 cm³/mol. The summed E-state index contributed by atoms with van der Waals surface area (Å²) in [7, 11) is 0. The monoisotopic (exact) mass is 296 g/mol. The first-order chi connectivity index (χ1) is 9.72. The number of amides is 2. The van der Waals surface area contributed by atoms with Crippen molar-refractivity contribution < 1.29 is 19.1 Å². The lowest BCUT2D eigenvalue weighted by Gasteiger charge is -2.18. The molecule has 0 fully saturated rings. The summed E-state index contributed by atoms with van der Waals surface area (Å²) < 4.78 is 13.5. The Morgan fingerprint density at radius 1 is 1.24 bits per heavy atom. The highest BCUT2D eigenvalue weighted by Gasteiger charge is 2.23. The summed E-state index contributed by atoms with van der Waals surface area (Å²) in [6.45, 7) is 6.95. The third-order valence-corrected chi connectivity index (χ3v) is 3.17. The zero-order valence-electron chi connectivity index (χ0n) is 12.7. The van der Waals surface area contributed by atoms with Crippen LogP contribution in [0.2, 0.25) is 0 Å². The Bertz CT molecular complexity index is 521. The van der Waals surface area contributed by atoms with Gasteiger partial charge in [-0.05, 0) is 36.5 Å². The van der Waals surface area contributed by atoms with Gasteiger partial charge in [-0.15, -0.1) is 0 Å². The molecule has 116 valence electrons. The van der Waals surface area contributed by atoms with E-state index in [-0.39, 0.29) is 18.3 Å². The summed E-state index contributed by atoms with van der Waals surface area (Å²) in [5.74, 6) is -1.55. The van der Waals surface area contributed by atoms with Gasteiger partial charge in [-0.3, -0.25) is 0 Å². The molecule has 0 aliphatic carbocycles. The maximum atomic E-state index is 13.5. The first-order valence-electron chi connectivity index (χ1n) is 6.75. The quantitative estimate of drug-likeness (QED) is 0.780. The molecule has 2 amide bonds. The summed E-state index contributed by atoms with van der Waals surface area (Å²) in [5, 5.41) is 14.0. The number of hydrogen-bond donors (Lipinski definition) is 3. The summed E-state index contributed by atoms with van der Waals surface area (Å²) >= 11 is 0. The van der Waals surface area contributed by atoms with Gasteiger partial charge in [-0.1, -0.05) is 26.0 Å². The van der Waals surface area contributed by atoms with Gasteiger partial charge in [0.2, 0.25) is 0 Å². The topological polar surface area (TPSA) is 78.4 Å². The van der Waals surface area contributed by atoms with E-state index in [0.29, 0.717) is 11.1 Å². The van der Waals surface area contributed by atoms with Gasteiger partial charge >= 0.3 is 12.0 Å². The van der Waals surface area contributed by atoms with Crippen molar-refractivity contribution in [3.05, 3.63) is 34.6 Å². The molecule has 6 heteroatoms. The molecule has 0 bridgehead atoms.